The highest BCUT2D eigenvalue weighted by atomic mass is 35.5. The summed E-state index contributed by atoms with van der Waals surface area (Å²) in [5.41, 5.74) is 5.76. The van der Waals surface area contributed by atoms with Gasteiger partial charge in [-0.3, -0.25) is 0 Å². The lowest BCUT2D eigenvalue weighted by Gasteiger charge is -2.26. The molecule has 142 valence electrons. The van der Waals surface area contributed by atoms with Gasteiger partial charge in [-0.05, 0) is 30.7 Å². The maximum atomic E-state index is 10.9. The Morgan fingerprint density at radius 3 is 2.78 bits per heavy atom. The van der Waals surface area contributed by atoms with E-state index in [1.54, 1.807) is 35.9 Å². The highest BCUT2D eigenvalue weighted by Gasteiger charge is 2.52. The number of nitrogen functional groups attached to an aromatic ring is 1. The summed E-state index contributed by atoms with van der Waals surface area (Å²) in [4.78, 5) is 8.18. The minimum Gasteiger partial charge on any atom is -0.385 e. The molecule has 3 aromatic rings. The van der Waals surface area contributed by atoms with Crippen LogP contribution < -0.4 is 5.73 Å². The van der Waals surface area contributed by atoms with Gasteiger partial charge in [-0.2, -0.15) is 0 Å². The molecule has 1 aliphatic heterocycles. The average molecular weight is 409 g/mol. The molecule has 0 aliphatic carbocycles. The van der Waals surface area contributed by atoms with Crippen molar-refractivity contribution in [3.63, 3.8) is 0 Å². The Morgan fingerprint density at radius 1 is 1.26 bits per heavy atom. The quantitative estimate of drug-likeness (QED) is 0.614. The molecule has 1 unspecified atom stereocenters. The summed E-state index contributed by atoms with van der Waals surface area (Å²) >= 11 is 12.0. The third-order valence-corrected chi connectivity index (χ3v) is 5.78. The fraction of sp³-hybridized carbons (Fsp3) is 0.333. The topological polar surface area (TPSA) is 106 Å². The second-order valence-corrected chi connectivity index (χ2v) is 7.67. The lowest BCUT2D eigenvalue weighted by molar-refractivity contribution is -0.0626. The lowest BCUT2D eigenvalue weighted by Crippen LogP contribution is -2.45. The number of benzene rings is 1. The van der Waals surface area contributed by atoms with E-state index in [0.717, 1.165) is 5.56 Å². The second-order valence-electron chi connectivity index (χ2n) is 6.86. The van der Waals surface area contributed by atoms with Gasteiger partial charge in [0.1, 0.15) is 29.5 Å². The van der Waals surface area contributed by atoms with Gasteiger partial charge in [0.05, 0.1) is 21.5 Å². The van der Waals surface area contributed by atoms with E-state index in [2.05, 4.69) is 9.97 Å². The third-order valence-electron chi connectivity index (χ3n) is 5.04. The molecule has 9 heteroatoms. The molecule has 1 saturated heterocycles. The van der Waals surface area contributed by atoms with E-state index in [1.807, 2.05) is 6.07 Å². The van der Waals surface area contributed by atoms with Crippen LogP contribution in [0.2, 0.25) is 10.0 Å². The van der Waals surface area contributed by atoms with Crippen LogP contribution in [0.15, 0.2) is 36.8 Å². The predicted molar refractivity (Wildman–Crippen MR) is 103 cm³/mol. The van der Waals surface area contributed by atoms with E-state index < -0.39 is 24.0 Å². The van der Waals surface area contributed by atoms with Gasteiger partial charge in [-0.1, -0.05) is 29.3 Å². The van der Waals surface area contributed by atoms with Gasteiger partial charge in [-0.25, -0.2) is 9.97 Å². The first-order valence-electron chi connectivity index (χ1n) is 8.36. The number of aliphatic hydroxyl groups is 2. The molecule has 0 radical (unpaired) electrons. The number of rotatable bonds is 3. The van der Waals surface area contributed by atoms with Gasteiger partial charge in [0, 0.05) is 12.6 Å². The molecule has 4 rings (SSSR count). The molecule has 27 heavy (non-hydrogen) atoms. The van der Waals surface area contributed by atoms with Crippen LogP contribution in [0, 0.1) is 0 Å². The van der Waals surface area contributed by atoms with Crippen LogP contribution in [-0.4, -0.2) is 42.6 Å². The van der Waals surface area contributed by atoms with Gasteiger partial charge < -0.3 is 25.3 Å². The molecule has 0 saturated carbocycles. The van der Waals surface area contributed by atoms with Crippen molar-refractivity contribution in [2.24, 2.45) is 0 Å². The zero-order valence-corrected chi connectivity index (χ0v) is 15.9. The first kappa shape index (κ1) is 18.5. The Balaban J connectivity index is 1.66. The smallest absolute Gasteiger partial charge is 0.164 e. The molecule has 1 fully saturated rings. The standard InChI is InChI=1S/C18H18Cl2N4O3/c1-18(26)13(7-9-2-3-11(19)12(20)6-9)27-17(14(18)25)24-5-4-10-15(21)22-8-23-16(10)24/h2-6,8,13-14,17,25-26H,7H2,1H3,(H2,21,22,23)/t13-,14?,17-,18-/m1/s1. The zero-order chi connectivity index (χ0) is 19.3. The Kier molecular flexibility index (Phi) is 4.52. The number of halogens is 2. The van der Waals surface area contributed by atoms with Crippen LogP contribution in [0.4, 0.5) is 5.82 Å². The minimum absolute atomic E-state index is 0.338. The fourth-order valence-electron chi connectivity index (χ4n) is 3.41. The zero-order valence-electron chi connectivity index (χ0n) is 14.4. The Hall–Kier alpha value is -1.90. The number of aromatic nitrogens is 3. The van der Waals surface area contributed by atoms with Crippen molar-refractivity contribution in [1.29, 1.82) is 0 Å². The molecule has 0 bridgehead atoms. The van der Waals surface area contributed by atoms with Crippen molar-refractivity contribution < 1.29 is 14.9 Å². The Bertz CT molecular complexity index is 1010. The fourth-order valence-corrected chi connectivity index (χ4v) is 3.73. The molecule has 1 aromatic carbocycles. The van der Waals surface area contributed by atoms with Crippen molar-refractivity contribution in [2.45, 2.75) is 37.4 Å². The van der Waals surface area contributed by atoms with Crippen LogP contribution in [0.3, 0.4) is 0 Å². The molecule has 1 aliphatic rings. The first-order chi connectivity index (χ1) is 12.8. The monoisotopic (exact) mass is 408 g/mol. The molecule has 4 atom stereocenters. The molecule has 0 spiro atoms. The van der Waals surface area contributed by atoms with Gasteiger partial charge in [0.15, 0.2) is 6.23 Å². The molecule has 0 amide bonds. The number of nitrogens with zero attached hydrogens (tertiary/aromatic N) is 3. The van der Waals surface area contributed by atoms with Gasteiger partial charge in [-0.15, -0.1) is 0 Å². The second kappa shape index (κ2) is 6.61. The average Bonchev–Trinajstić information content (AvgIpc) is 3.14. The molecular formula is C18H18Cl2N4O3. The highest BCUT2D eigenvalue weighted by Crippen LogP contribution is 2.40. The van der Waals surface area contributed by atoms with Crippen molar-refractivity contribution in [3.05, 3.63) is 52.4 Å². The summed E-state index contributed by atoms with van der Waals surface area (Å²) in [6.45, 7) is 1.55. The van der Waals surface area contributed by atoms with E-state index in [1.165, 1.54) is 6.33 Å². The summed E-state index contributed by atoms with van der Waals surface area (Å²) in [5, 5.41) is 23.2. The highest BCUT2D eigenvalue weighted by molar-refractivity contribution is 6.42. The number of fused-ring (bicyclic) bond motifs is 1. The van der Waals surface area contributed by atoms with Crippen LogP contribution in [0.25, 0.3) is 11.0 Å². The lowest BCUT2D eigenvalue weighted by atomic mass is 9.90. The first-order valence-corrected chi connectivity index (χ1v) is 9.11. The van der Waals surface area contributed by atoms with Crippen molar-refractivity contribution in [1.82, 2.24) is 14.5 Å². The summed E-state index contributed by atoms with van der Waals surface area (Å²) in [5.74, 6) is 0.338. The Labute approximate surface area is 165 Å². The minimum atomic E-state index is -1.48. The third kappa shape index (κ3) is 3.05. The number of hydrogen-bond donors (Lipinski definition) is 3. The van der Waals surface area contributed by atoms with Gasteiger partial charge >= 0.3 is 0 Å². The normalized spacial score (nSPS) is 28.1. The predicted octanol–water partition coefficient (Wildman–Crippen LogP) is 2.57. The maximum absolute atomic E-state index is 10.9. The maximum Gasteiger partial charge on any atom is 0.164 e. The molecule has 7 nitrogen and oxygen atoms in total. The number of anilines is 1. The number of hydrogen-bond acceptors (Lipinski definition) is 6. The van der Waals surface area contributed by atoms with Crippen LogP contribution in [0.1, 0.15) is 18.7 Å². The summed E-state index contributed by atoms with van der Waals surface area (Å²) < 4.78 is 7.70. The largest absolute Gasteiger partial charge is 0.385 e. The number of ether oxygens (including phenoxy) is 1. The summed E-state index contributed by atoms with van der Waals surface area (Å²) in [7, 11) is 0. The van der Waals surface area contributed by atoms with E-state index in [9.17, 15) is 10.2 Å². The summed E-state index contributed by atoms with van der Waals surface area (Å²) in [6, 6.07) is 6.98. The summed E-state index contributed by atoms with van der Waals surface area (Å²) in [6.07, 6.45) is 0.763. The van der Waals surface area contributed by atoms with Crippen molar-refractivity contribution in [3.8, 4) is 0 Å². The molecule has 2 aromatic heterocycles. The van der Waals surface area contributed by atoms with Crippen molar-refractivity contribution in [2.75, 3.05) is 5.73 Å². The SMILES string of the molecule is C[C@]1(O)C(O)[C@H](n2ccc3c(N)ncnc32)O[C@@H]1Cc1ccc(Cl)c(Cl)c1. The number of nitrogens with two attached hydrogens (primary N) is 1. The molecule has 3 heterocycles. The van der Waals surface area contributed by atoms with E-state index in [-0.39, 0.29) is 0 Å². The molecule has 4 N–H and O–H groups in total. The number of aliphatic hydroxyl groups excluding tert-OH is 1. The van der Waals surface area contributed by atoms with Crippen LogP contribution in [0.5, 0.6) is 0 Å². The van der Waals surface area contributed by atoms with Gasteiger partial charge in [0.25, 0.3) is 0 Å². The molecular weight excluding hydrogens is 391 g/mol. The van der Waals surface area contributed by atoms with E-state index >= 15 is 0 Å². The van der Waals surface area contributed by atoms with Gasteiger partial charge in [0.2, 0.25) is 0 Å². The van der Waals surface area contributed by atoms with E-state index in [4.69, 9.17) is 33.7 Å². The van der Waals surface area contributed by atoms with Crippen molar-refractivity contribution >= 4 is 40.1 Å². The Morgan fingerprint density at radius 2 is 2.04 bits per heavy atom. The van der Waals surface area contributed by atoms with E-state index in [0.29, 0.717) is 33.3 Å². The van der Waals surface area contributed by atoms with Crippen LogP contribution >= 0.6 is 23.2 Å². The van der Waals surface area contributed by atoms with Crippen LogP contribution in [-0.2, 0) is 11.2 Å².